The Morgan fingerprint density at radius 3 is 2.16 bits per heavy atom. The number of nitrogens with zero attached hydrogens (tertiary/aromatic N) is 3. The maximum Gasteiger partial charge on any atom is 0.206 e. The summed E-state index contributed by atoms with van der Waals surface area (Å²) in [7, 11) is 6.54. The number of hydrogen-bond donors (Lipinski definition) is 0. The van der Waals surface area contributed by atoms with Gasteiger partial charge in [-0.1, -0.05) is 0 Å². The van der Waals surface area contributed by atoms with Gasteiger partial charge in [0.05, 0.1) is 39.8 Å². The second-order valence-electron chi connectivity index (χ2n) is 6.51. The predicted octanol–water partition coefficient (Wildman–Crippen LogP) is 4.44. The molecule has 0 N–H and O–H groups in total. The highest BCUT2D eigenvalue weighted by Crippen LogP contribution is 2.34. The van der Waals surface area contributed by atoms with Crippen molar-refractivity contribution >= 4 is 17.0 Å². The van der Waals surface area contributed by atoms with E-state index in [-0.39, 0.29) is 0 Å². The highest BCUT2D eigenvalue weighted by molar-refractivity contribution is 7.07. The Hall–Kier alpha value is -3.26. The largest absolute Gasteiger partial charge is 0.497 e. The van der Waals surface area contributed by atoms with Crippen LogP contribution in [0, 0.1) is 0 Å². The van der Waals surface area contributed by atoms with E-state index in [4.69, 9.17) is 24.0 Å². The van der Waals surface area contributed by atoms with Crippen molar-refractivity contribution in [3.05, 3.63) is 52.1 Å². The number of thiazole rings is 1. The van der Waals surface area contributed by atoms with Gasteiger partial charge in [-0.25, -0.2) is 4.68 Å². The van der Waals surface area contributed by atoms with Gasteiger partial charge in [0, 0.05) is 35.2 Å². The monoisotopic (exact) mass is 441 g/mol. The lowest BCUT2D eigenvalue weighted by molar-refractivity contribution is 0.393. The Kier molecular flexibility index (Phi) is 7.36. The normalized spacial score (nSPS) is 12.1. The van der Waals surface area contributed by atoms with Crippen molar-refractivity contribution < 1.29 is 18.9 Å². The molecule has 0 bridgehead atoms. The summed E-state index contributed by atoms with van der Waals surface area (Å²) in [5.74, 6) is 2.84. The van der Waals surface area contributed by atoms with Crippen molar-refractivity contribution in [1.29, 1.82) is 0 Å². The Morgan fingerprint density at radius 2 is 1.55 bits per heavy atom. The summed E-state index contributed by atoms with van der Waals surface area (Å²) in [6.07, 6.45) is 0. The molecule has 0 atom stereocenters. The number of aromatic nitrogens is 1. The van der Waals surface area contributed by atoms with E-state index >= 15 is 0 Å². The fraction of sp³-hybridized carbons (Fsp3) is 0.304. The first kappa shape index (κ1) is 22.4. The zero-order valence-electron chi connectivity index (χ0n) is 18.6. The van der Waals surface area contributed by atoms with Crippen LogP contribution in [0.4, 0.5) is 0 Å². The Balaban J connectivity index is 2.18. The summed E-state index contributed by atoms with van der Waals surface area (Å²) in [6, 6.07) is 11.4. The van der Waals surface area contributed by atoms with Gasteiger partial charge in [0.2, 0.25) is 4.80 Å². The molecule has 0 unspecified atom stereocenters. The van der Waals surface area contributed by atoms with E-state index in [1.54, 1.807) is 28.4 Å². The van der Waals surface area contributed by atoms with Gasteiger partial charge in [-0.3, -0.25) is 4.99 Å². The van der Waals surface area contributed by atoms with E-state index in [1.807, 2.05) is 60.3 Å². The second-order valence-corrected chi connectivity index (χ2v) is 7.34. The van der Waals surface area contributed by atoms with E-state index < -0.39 is 0 Å². The molecule has 1 aromatic heterocycles. The summed E-state index contributed by atoms with van der Waals surface area (Å²) in [5, 5.41) is 6.94. The zero-order chi connectivity index (χ0) is 22.4. The third-order valence-electron chi connectivity index (χ3n) is 4.71. The first-order chi connectivity index (χ1) is 15.1. The molecule has 0 fully saturated rings. The average Bonchev–Trinajstić information content (AvgIpc) is 3.19. The molecule has 31 heavy (non-hydrogen) atoms. The van der Waals surface area contributed by atoms with E-state index in [0.29, 0.717) is 18.0 Å². The minimum absolute atomic E-state index is 0.653. The Labute approximate surface area is 186 Å². The molecule has 3 rings (SSSR count). The smallest absolute Gasteiger partial charge is 0.206 e. The Bertz CT molecular complexity index is 1150. The average molecular weight is 442 g/mol. The molecule has 7 nitrogen and oxygen atoms in total. The lowest BCUT2D eigenvalue weighted by atomic mass is 10.1. The van der Waals surface area contributed by atoms with Crippen molar-refractivity contribution in [2.24, 2.45) is 10.1 Å². The number of ether oxygens (including phenoxy) is 4. The molecule has 0 saturated heterocycles. The number of methoxy groups -OCH3 is 4. The van der Waals surface area contributed by atoms with Crippen LogP contribution in [0.2, 0.25) is 0 Å². The maximum atomic E-state index is 5.62. The SMILES string of the molecule is CCN=c1scc(-c2ccc(OC)cc2OC)n1N=C(C)c1ccc(OC)cc1OC. The first-order valence-corrected chi connectivity index (χ1v) is 10.7. The first-order valence-electron chi connectivity index (χ1n) is 9.77. The van der Waals surface area contributed by atoms with Gasteiger partial charge in [0.25, 0.3) is 0 Å². The highest BCUT2D eigenvalue weighted by Gasteiger charge is 2.15. The van der Waals surface area contributed by atoms with Crippen molar-refractivity contribution in [1.82, 2.24) is 4.68 Å². The van der Waals surface area contributed by atoms with Crippen LogP contribution in [0.5, 0.6) is 23.0 Å². The van der Waals surface area contributed by atoms with E-state index in [0.717, 1.165) is 38.8 Å². The third-order valence-corrected chi connectivity index (χ3v) is 5.57. The zero-order valence-corrected chi connectivity index (χ0v) is 19.4. The predicted molar refractivity (Wildman–Crippen MR) is 124 cm³/mol. The second kappa shape index (κ2) is 10.2. The molecule has 0 amide bonds. The van der Waals surface area contributed by atoms with E-state index in [2.05, 4.69) is 4.99 Å². The van der Waals surface area contributed by atoms with Gasteiger partial charge in [0.15, 0.2) is 0 Å². The van der Waals surface area contributed by atoms with Gasteiger partial charge >= 0.3 is 0 Å². The van der Waals surface area contributed by atoms with Crippen molar-refractivity contribution in [2.75, 3.05) is 35.0 Å². The number of rotatable bonds is 8. The fourth-order valence-corrected chi connectivity index (χ4v) is 4.02. The molecule has 3 aromatic rings. The van der Waals surface area contributed by atoms with Crippen LogP contribution in [0.3, 0.4) is 0 Å². The summed E-state index contributed by atoms with van der Waals surface area (Å²) in [6.45, 7) is 4.60. The highest BCUT2D eigenvalue weighted by atomic mass is 32.1. The van der Waals surface area contributed by atoms with Crippen molar-refractivity contribution in [2.45, 2.75) is 13.8 Å². The van der Waals surface area contributed by atoms with Crippen molar-refractivity contribution in [3.63, 3.8) is 0 Å². The maximum absolute atomic E-state index is 5.62. The van der Waals surface area contributed by atoms with E-state index in [9.17, 15) is 0 Å². The summed E-state index contributed by atoms with van der Waals surface area (Å²) in [5.41, 5.74) is 3.43. The number of hydrogen-bond acceptors (Lipinski definition) is 7. The molecular formula is C23H27N3O4S. The minimum Gasteiger partial charge on any atom is -0.497 e. The molecular weight excluding hydrogens is 414 g/mol. The minimum atomic E-state index is 0.653. The van der Waals surface area contributed by atoms with Crippen LogP contribution in [0.15, 0.2) is 51.9 Å². The molecule has 1 heterocycles. The Morgan fingerprint density at radius 1 is 0.903 bits per heavy atom. The van der Waals surface area contributed by atoms with Crippen LogP contribution in [-0.4, -0.2) is 45.4 Å². The molecule has 164 valence electrons. The molecule has 0 spiro atoms. The van der Waals surface area contributed by atoms with Crippen LogP contribution in [0.1, 0.15) is 19.4 Å². The molecule has 0 aliphatic heterocycles. The van der Waals surface area contributed by atoms with E-state index in [1.165, 1.54) is 11.3 Å². The van der Waals surface area contributed by atoms with Gasteiger partial charge in [-0.05, 0) is 38.1 Å². The molecule has 0 radical (unpaired) electrons. The molecule has 8 heteroatoms. The van der Waals surface area contributed by atoms with Crippen LogP contribution in [-0.2, 0) is 0 Å². The van der Waals surface area contributed by atoms with Gasteiger partial charge in [-0.2, -0.15) is 5.10 Å². The lowest BCUT2D eigenvalue weighted by Crippen LogP contribution is -2.15. The third kappa shape index (κ3) is 4.74. The molecule has 0 aliphatic rings. The quantitative estimate of drug-likeness (QED) is 0.485. The standard InChI is InChI=1S/C23H27N3O4S/c1-7-24-23-26(25-15(2)18-10-8-16(27-3)12-21(18)29-5)20(14-31-23)19-11-9-17(28-4)13-22(19)30-6/h8-14H,7H2,1-6H3. The molecule has 2 aromatic carbocycles. The molecule has 0 aliphatic carbocycles. The van der Waals surface area contributed by atoms with Crippen LogP contribution in [0.25, 0.3) is 11.3 Å². The van der Waals surface area contributed by atoms with Crippen LogP contribution >= 0.6 is 11.3 Å². The van der Waals surface area contributed by atoms with Gasteiger partial charge < -0.3 is 18.9 Å². The van der Waals surface area contributed by atoms with Gasteiger partial charge in [-0.15, -0.1) is 11.3 Å². The fourth-order valence-electron chi connectivity index (χ4n) is 3.14. The summed E-state index contributed by atoms with van der Waals surface area (Å²) >= 11 is 1.53. The van der Waals surface area contributed by atoms with Gasteiger partial charge in [0.1, 0.15) is 23.0 Å². The number of benzene rings is 2. The summed E-state index contributed by atoms with van der Waals surface area (Å²) in [4.78, 5) is 5.41. The lowest BCUT2D eigenvalue weighted by Gasteiger charge is -2.13. The molecule has 0 saturated carbocycles. The van der Waals surface area contributed by atoms with Crippen LogP contribution < -0.4 is 23.7 Å². The topological polar surface area (TPSA) is 66.6 Å². The van der Waals surface area contributed by atoms with Crippen molar-refractivity contribution in [3.8, 4) is 34.3 Å². The summed E-state index contributed by atoms with van der Waals surface area (Å²) < 4.78 is 23.7.